The molecule has 7 heteroatoms. The van der Waals surface area contributed by atoms with E-state index < -0.39 is 5.97 Å². The summed E-state index contributed by atoms with van der Waals surface area (Å²) < 4.78 is 1.34. The molecule has 98 valence electrons. The number of anilines is 1. The Morgan fingerprint density at radius 1 is 1.37 bits per heavy atom. The maximum Gasteiger partial charge on any atom is 0.352 e. The van der Waals surface area contributed by atoms with E-state index in [4.69, 9.17) is 16.7 Å². The number of hydrogen-bond acceptors (Lipinski definition) is 3. The van der Waals surface area contributed by atoms with Crippen molar-refractivity contribution in [2.75, 3.05) is 5.32 Å². The van der Waals surface area contributed by atoms with E-state index in [0.29, 0.717) is 10.8 Å². The first-order chi connectivity index (χ1) is 9.06. The van der Waals surface area contributed by atoms with E-state index in [1.165, 1.54) is 23.0 Å². The van der Waals surface area contributed by atoms with Gasteiger partial charge in [0.2, 0.25) is 5.91 Å². The lowest BCUT2D eigenvalue weighted by Crippen LogP contribution is -2.21. The second kappa shape index (κ2) is 5.53. The lowest BCUT2D eigenvalue weighted by molar-refractivity contribution is -0.116. The van der Waals surface area contributed by atoms with Crippen molar-refractivity contribution in [2.45, 2.75) is 6.54 Å². The zero-order valence-corrected chi connectivity index (χ0v) is 10.5. The Kier molecular flexibility index (Phi) is 3.82. The number of carbonyl (C=O) groups excluding carboxylic acids is 1. The lowest BCUT2D eigenvalue weighted by Gasteiger charge is -2.07. The van der Waals surface area contributed by atoms with E-state index in [9.17, 15) is 9.59 Å². The Hall–Kier alpha value is -2.34. The number of nitrogens with one attached hydrogen (secondary N) is 1. The summed E-state index contributed by atoms with van der Waals surface area (Å²) in [6.45, 7) is -0.0983. The first-order valence-electron chi connectivity index (χ1n) is 5.36. The molecule has 0 aliphatic carbocycles. The molecule has 0 aliphatic rings. The molecule has 0 radical (unpaired) electrons. The third-order valence-corrected chi connectivity index (χ3v) is 2.58. The molecule has 19 heavy (non-hydrogen) atoms. The molecule has 2 heterocycles. The van der Waals surface area contributed by atoms with Gasteiger partial charge >= 0.3 is 5.97 Å². The van der Waals surface area contributed by atoms with Gasteiger partial charge in [-0.3, -0.25) is 4.79 Å². The fourth-order valence-electron chi connectivity index (χ4n) is 1.53. The summed E-state index contributed by atoms with van der Waals surface area (Å²) in [4.78, 5) is 26.5. The Labute approximate surface area is 113 Å². The van der Waals surface area contributed by atoms with Gasteiger partial charge in [0.05, 0.1) is 5.02 Å². The number of halogens is 1. The summed E-state index contributed by atoms with van der Waals surface area (Å²) in [6.07, 6.45) is 2.94. The molecule has 0 aromatic carbocycles. The summed E-state index contributed by atoms with van der Waals surface area (Å²) >= 11 is 5.67. The topological polar surface area (TPSA) is 84.2 Å². The minimum absolute atomic E-state index is 0.0548. The third kappa shape index (κ3) is 3.32. The van der Waals surface area contributed by atoms with Gasteiger partial charge in [0, 0.05) is 12.4 Å². The van der Waals surface area contributed by atoms with E-state index >= 15 is 0 Å². The van der Waals surface area contributed by atoms with Crippen molar-refractivity contribution in [3.05, 3.63) is 47.4 Å². The Morgan fingerprint density at radius 2 is 2.16 bits per heavy atom. The van der Waals surface area contributed by atoms with Gasteiger partial charge in [-0.05, 0) is 24.3 Å². The summed E-state index contributed by atoms with van der Waals surface area (Å²) in [5, 5.41) is 11.9. The second-order valence-electron chi connectivity index (χ2n) is 3.74. The van der Waals surface area contributed by atoms with Crippen molar-refractivity contribution in [3.8, 4) is 0 Å². The van der Waals surface area contributed by atoms with Crippen molar-refractivity contribution in [3.63, 3.8) is 0 Å². The van der Waals surface area contributed by atoms with Crippen LogP contribution in [-0.4, -0.2) is 26.5 Å². The minimum Gasteiger partial charge on any atom is -0.477 e. The molecule has 0 aliphatic heterocycles. The number of amides is 1. The van der Waals surface area contributed by atoms with Crippen molar-refractivity contribution in [2.24, 2.45) is 0 Å². The first kappa shape index (κ1) is 13.1. The SMILES string of the molecule is O=C(Cn1cccc1C(=O)O)Nc1ccc(Cl)cn1. The Bertz CT molecular complexity index is 607. The number of hydrogen-bond donors (Lipinski definition) is 2. The van der Waals surface area contributed by atoms with Crippen LogP contribution < -0.4 is 5.32 Å². The number of aromatic nitrogens is 2. The van der Waals surface area contributed by atoms with Crippen LogP contribution in [0.2, 0.25) is 5.02 Å². The number of pyridine rings is 1. The fraction of sp³-hybridized carbons (Fsp3) is 0.0833. The third-order valence-electron chi connectivity index (χ3n) is 2.36. The van der Waals surface area contributed by atoms with Crippen molar-refractivity contribution < 1.29 is 14.7 Å². The quantitative estimate of drug-likeness (QED) is 0.895. The van der Waals surface area contributed by atoms with Gasteiger partial charge in [0.15, 0.2) is 0 Å². The standard InChI is InChI=1S/C12H10ClN3O3/c13-8-3-4-10(14-6-8)15-11(17)7-16-5-1-2-9(16)12(18)19/h1-6H,7H2,(H,18,19)(H,14,15,17). The molecular formula is C12H10ClN3O3. The highest BCUT2D eigenvalue weighted by atomic mass is 35.5. The van der Waals surface area contributed by atoms with Gasteiger partial charge in [-0.2, -0.15) is 0 Å². The van der Waals surface area contributed by atoms with E-state index in [0.717, 1.165) is 0 Å². The van der Waals surface area contributed by atoms with Gasteiger partial charge in [0.1, 0.15) is 18.1 Å². The second-order valence-corrected chi connectivity index (χ2v) is 4.17. The lowest BCUT2D eigenvalue weighted by atomic mass is 10.4. The molecule has 2 N–H and O–H groups in total. The Morgan fingerprint density at radius 3 is 2.79 bits per heavy atom. The molecule has 0 saturated carbocycles. The summed E-state index contributed by atoms with van der Waals surface area (Å²) in [7, 11) is 0. The molecule has 6 nitrogen and oxygen atoms in total. The smallest absolute Gasteiger partial charge is 0.352 e. The molecule has 0 atom stereocenters. The highest BCUT2D eigenvalue weighted by molar-refractivity contribution is 6.30. The van der Waals surface area contributed by atoms with E-state index in [-0.39, 0.29) is 18.1 Å². The summed E-state index contributed by atoms with van der Waals surface area (Å²) in [5.41, 5.74) is 0.0548. The largest absolute Gasteiger partial charge is 0.477 e. The molecule has 0 bridgehead atoms. The molecule has 2 rings (SSSR count). The van der Waals surface area contributed by atoms with Gasteiger partial charge < -0.3 is 15.0 Å². The van der Waals surface area contributed by atoms with Crippen molar-refractivity contribution in [1.29, 1.82) is 0 Å². The predicted molar refractivity (Wildman–Crippen MR) is 69.3 cm³/mol. The normalized spacial score (nSPS) is 10.2. The fourth-order valence-corrected chi connectivity index (χ4v) is 1.64. The van der Waals surface area contributed by atoms with Gasteiger partial charge in [0.25, 0.3) is 0 Å². The molecule has 2 aromatic heterocycles. The van der Waals surface area contributed by atoms with E-state index in [2.05, 4.69) is 10.3 Å². The average molecular weight is 280 g/mol. The van der Waals surface area contributed by atoms with Crippen LogP contribution >= 0.6 is 11.6 Å². The molecule has 2 aromatic rings. The van der Waals surface area contributed by atoms with E-state index in [1.54, 1.807) is 18.2 Å². The zero-order chi connectivity index (χ0) is 13.8. The highest BCUT2D eigenvalue weighted by Crippen LogP contribution is 2.10. The molecule has 1 amide bonds. The van der Waals surface area contributed by atoms with Crippen LogP contribution in [0.5, 0.6) is 0 Å². The molecular weight excluding hydrogens is 270 g/mol. The van der Waals surface area contributed by atoms with Crippen LogP contribution in [0.1, 0.15) is 10.5 Å². The van der Waals surface area contributed by atoms with Crippen LogP contribution in [0.15, 0.2) is 36.7 Å². The number of carbonyl (C=O) groups is 2. The molecule has 0 spiro atoms. The highest BCUT2D eigenvalue weighted by Gasteiger charge is 2.11. The number of rotatable bonds is 4. The number of aromatic carboxylic acids is 1. The van der Waals surface area contributed by atoms with Crippen LogP contribution in [0.4, 0.5) is 5.82 Å². The maximum absolute atomic E-state index is 11.7. The van der Waals surface area contributed by atoms with E-state index in [1.807, 2.05) is 0 Å². The Balaban J connectivity index is 2.03. The molecule has 0 fully saturated rings. The molecule has 0 unspecified atom stereocenters. The average Bonchev–Trinajstić information content (AvgIpc) is 2.80. The summed E-state index contributed by atoms with van der Waals surface area (Å²) in [5.74, 6) is -1.09. The van der Waals surface area contributed by atoms with Gasteiger partial charge in [-0.25, -0.2) is 9.78 Å². The monoisotopic (exact) mass is 279 g/mol. The number of carboxylic acid groups (broad SMARTS) is 1. The van der Waals surface area contributed by atoms with Crippen LogP contribution in [0, 0.1) is 0 Å². The maximum atomic E-state index is 11.7. The van der Waals surface area contributed by atoms with Gasteiger partial charge in [-0.1, -0.05) is 11.6 Å². The van der Waals surface area contributed by atoms with Crippen molar-refractivity contribution >= 4 is 29.3 Å². The van der Waals surface area contributed by atoms with Gasteiger partial charge in [-0.15, -0.1) is 0 Å². The van der Waals surface area contributed by atoms with Crippen LogP contribution in [-0.2, 0) is 11.3 Å². The molecule has 0 saturated heterocycles. The first-order valence-corrected chi connectivity index (χ1v) is 5.74. The zero-order valence-electron chi connectivity index (χ0n) is 9.71. The van der Waals surface area contributed by atoms with Crippen LogP contribution in [0.3, 0.4) is 0 Å². The summed E-state index contributed by atoms with van der Waals surface area (Å²) in [6, 6.07) is 6.16. The number of nitrogens with zero attached hydrogens (tertiary/aromatic N) is 2. The van der Waals surface area contributed by atoms with Crippen LogP contribution in [0.25, 0.3) is 0 Å². The number of carboxylic acids is 1. The minimum atomic E-state index is -1.08. The van der Waals surface area contributed by atoms with Crippen molar-refractivity contribution in [1.82, 2.24) is 9.55 Å². The predicted octanol–water partition coefficient (Wildman–Crippen LogP) is 1.87.